The van der Waals surface area contributed by atoms with Crippen molar-refractivity contribution in [2.24, 2.45) is 0 Å². The van der Waals surface area contributed by atoms with Gasteiger partial charge in [-0.2, -0.15) is 13.2 Å². The molecule has 0 saturated heterocycles. The van der Waals surface area contributed by atoms with E-state index >= 15 is 0 Å². The molecule has 0 amide bonds. The molecule has 0 aliphatic carbocycles. The minimum absolute atomic E-state index is 0.336. The summed E-state index contributed by atoms with van der Waals surface area (Å²) in [6.07, 6.45) is -7.77. The van der Waals surface area contributed by atoms with Crippen LogP contribution in [-0.2, 0) is 6.18 Å². The van der Waals surface area contributed by atoms with Crippen LogP contribution >= 0.6 is 0 Å². The Morgan fingerprint density at radius 1 is 1.33 bits per heavy atom. The SMILES string of the molecule is Cc1nc(N)c(C(F)F)cc1C(F)(F)F. The summed E-state index contributed by atoms with van der Waals surface area (Å²) in [6.45, 7) is 1.06. The summed E-state index contributed by atoms with van der Waals surface area (Å²) in [7, 11) is 0. The van der Waals surface area contributed by atoms with Crippen LogP contribution in [0.4, 0.5) is 27.8 Å². The van der Waals surface area contributed by atoms with Crippen molar-refractivity contribution in [3.63, 3.8) is 0 Å². The lowest BCUT2D eigenvalue weighted by Crippen LogP contribution is -2.12. The topological polar surface area (TPSA) is 38.9 Å². The molecule has 0 aromatic carbocycles. The number of alkyl halides is 5. The summed E-state index contributed by atoms with van der Waals surface area (Å²) in [5.41, 5.74) is 2.58. The van der Waals surface area contributed by atoms with Crippen LogP contribution in [0.1, 0.15) is 23.2 Å². The predicted molar refractivity (Wildman–Crippen MR) is 43.3 cm³/mol. The van der Waals surface area contributed by atoms with Crippen molar-refractivity contribution in [2.45, 2.75) is 19.5 Å². The molecule has 0 fully saturated rings. The lowest BCUT2D eigenvalue weighted by molar-refractivity contribution is -0.138. The first kappa shape index (κ1) is 11.7. The van der Waals surface area contributed by atoms with Crippen molar-refractivity contribution >= 4 is 5.82 Å². The van der Waals surface area contributed by atoms with E-state index in [0.29, 0.717) is 6.07 Å². The molecule has 0 saturated carbocycles. The van der Waals surface area contributed by atoms with E-state index in [2.05, 4.69) is 4.98 Å². The third kappa shape index (κ3) is 2.34. The van der Waals surface area contributed by atoms with Gasteiger partial charge in [-0.05, 0) is 13.0 Å². The van der Waals surface area contributed by atoms with Gasteiger partial charge in [-0.1, -0.05) is 0 Å². The highest BCUT2D eigenvalue weighted by molar-refractivity contribution is 5.45. The second-order valence-corrected chi connectivity index (χ2v) is 2.89. The highest BCUT2D eigenvalue weighted by Gasteiger charge is 2.34. The van der Waals surface area contributed by atoms with Crippen LogP contribution < -0.4 is 5.73 Å². The van der Waals surface area contributed by atoms with Crippen molar-refractivity contribution in [3.8, 4) is 0 Å². The summed E-state index contributed by atoms with van der Waals surface area (Å²) in [6, 6.07) is 0.336. The van der Waals surface area contributed by atoms with Gasteiger partial charge in [0, 0.05) is 0 Å². The smallest absolute Gasteiger partial charge is 0.383 e. The quantitative estimate of drug-likeness (QED) is 0.747. The maximum Gasteiger partial charge on any atom is 0.418 e. The lowest BCUT2D eigenvalue weighted by Gasteiger charge is -2.12. The molecule has 1 rings (SSSR count). The highest BCUT2D eigenvalue weighted by Crippen LogP contribution is 2.35. The Kier molecular flexibility index (Phi) is 2.83. The molecule has 0 spiro atoms. The Bertz CT molecular complexity index is 372. The van der Waals surface area contributed by atoms with Crippen LogP contribution in [0.5, 0.6) is 0 Å². The standard InChI is InChI=1S/C8H7F5N2/c1-3-5(8(11,12)13)2-4(6(9)10)7(14)15-3/h2,6H,1H3,(H2,14,15). The molecular weight excluding hydrogens is 219 g/mol. The van der Waals surface area contributed by atoms with Gasteiger partial charge in [0.1, 0.15) is 5.82 Å². The fourth-order valence-corrected chi connectivity index (χ4v) is 1.10. The summed E-state index contributed by atoms with van der Waals surface area (Å²) < 4.78 is 61.4. The second kappa shape index (κ2) is 3.63. The first-order chi connectivity index (χ1) is 6.73. The number of nitrogens with two attached hydrogens (primary N) is 1. The van der Waals surface area contributed by atoms with Gasteiger partial charge in [-0.3, -0.25) is 0 Å². The van der Waals surface area contributed by atoms with Crippen LogP contribution in [0.25, 0.3) is 0 Å². The lowest BCUT2D eigenvalue weighted by atomic mass is 10.1. The number of pyridine rings is 1. The van der Waals surface area contributed by atoms with Gasteiger partial charge in [0.05, 0.1) is 16.8 Å². The zero-order valence-electron chi connectivity index (χ0n) is 7.57. The van der Waals surface area contributed by atoms with Crippen molar-refractivity contribution in [2.75, 3.05) is 5.73 Å². The van der Waals surface area contributed by atoms with Crippen molar-refractivity contribution < 1.29 is 22.0 Å². The number of hydrogen-bond acceptors (Lipinski definition) is 2. The minimum atomic E-state index is -4.70. The van der Waals surface area contributed by atoms with E-state index in [1.54, 1.807) is 0 Å². The van der Waals surface area contributed by atoms with E-state index in [-0.39, 0.29) is 0 Å². The van der Waals surface area contributed by atoms with Gasteiger partial charge < -0.3 is 5.73 Å². The Morgan fingerprint density at radius 3 is 2.27 bits per heavy atom. The normalized spacial score (nSPS) is 12.2. The third-order valence-corrected chi connectivity index (χ3v) is 1.81. The van der Waals surface area contributed by atoms with E-state index in [9.17, 15) is 22.0 Å². The maximum absolute atomic E-state index is 12.3. The molecule has 1 heterocycles. The average molecular weight is 226 g/mol. The molecule has 15 heavy (non-hydrogen) atoms. The number of nitrogen functional groups attached to an aromatic ring is 1. The Labute approximate surface area is 81.9 Å². The molecule has 7 heteroatoms. The summed E-state index contributed by atoms with van der Waals surface area (Å²) in [4.78, 5) is 3.24. The van der Waals surface area contributed by atoms with Gasteiger partial charge in [-0.15, -0.1) is 0 Å². The molecule has 0 atom stereocenters. The molecule has 0 bridgehead atoms. The fraction of sp³-hybridized carbons (Fsp3) is 0.375. The van der Waals surface area contributed by atoms with E-state index in [4.69, 9.17) is 5.73 Å². The Hall–Kier alpha value is -1.40. The van der Waals surface area contributed by atoms with Crippen LogP contribution in [0, 0.1) is 6.92 Å². The molecule has 84 valence electrons. The fourth-order valence-electron chi connectivity index (χ4n) is 1.10. The van der Waals surface area contributed by atoms with Crippen molar-refractivity contribution in [3.05, 3.63) is 22.9 Å². The number of halogens is 5. The molecule has 1 aromatic heterocycles. The van der Waals surface area contributed by atoms with Gasteiger partial charge in [-0.25, -0.2) is 13.8 Å². The number of aryl methyl sites for hydroxylation is 1. The molecule has 2 nitrogen and oxygen atoms in total. The van der Waals surface area contributed by atoms with E-state index < -0.39 is 35.2 Å². The van der Waals surface area contributed by atoms with E-state index in [0.717, 1.165) is 6.92 Å². The average Bonchev–Trinajstić information content (AvgIpc) is 2.00. The maximum atomic E-state index is 12.3. The number of anilines is 1. The molecule has 0 unspecified atom stereocenters. The van der Waals surface area contributed by atoms with Crippen LogP contribution in [0.3, 0.4) is 0 Å². The summed E-state index contributed by atoms with van der Waals surface area (Å²) in [5, 5.41) is 0. The molecule has 2 N–H and O–H groups in total. The largest absolute Gasteiger partial charge is 0.418 e. The number of nitrogens with zero attached hydrogens (tertiary/aromatic N) is 1. The minimum Gasteiger partial charge on any atom is -0.383 e. The highest BCUT2D eigenvalue weighted by atomic mass is 19.4. The third-order valence-electron chi connectivity index (χ3n) is 1.81. The molecule has 0 radical (unpaired) electrons. The van der Waals surface area contributed by atoms with E-state index in [1.807, 2.05) is 0 Å². The first-order valence-corrected chi connectivity index (χ1v) is 3.86. The zero-order valence-corrected chi connectivity index (χ0v) is 7.57. The molecule has 0 aliphatic heterocycles. The molecule has 1 aromatic rings. The molecular formula is C8H7F5N2. The van der Waals surface area contributed by atoms with Gasteiger partial charge in [0.25, 0.3) is 6.43 Å². The van der Waals surface area contributed by atoms with E-state index in [1.165, 1.54) is 0 Å². The predicted octanol–water partition coefficient (Wildman–Crippen LogP) is 2.93. The number of aromatic nitrogens is 1. The Morgan fingerprint density at radius 2 is 1.87 bits per heavy atom. The zero-order chi connectivity index (χ0) is 11.8. The monoisotopic (exact) mass is 226 g/mol. The second-order valence-electron chi connectivity index (χ2n) is 2.89. The van der Waals surface area contributed by atoms with Crippen LogP contribution in [0.15, 0.2) is 6.07 Å². The van der Waals surface area contributed by atoms with Crippen molar-refractivity contribution in [1.29, 1.82) is 0 Å². The number of hydrogen-bond donors (Lipinski definition) is 1. The summed E-state index contributed by atoms with van der Waals surface area (Å²) >= 11 is 0. The molecule has 0 aliphatic rings. The van der Waals surface area contributed by atoms with Crippen LogP contribution in [0.2, 0.25) is 0 Å². The summed E-state index contributed by atoms with van der Waals surface area (Å²) in [5.74, 6) is -0.574. The van der Waals surface area contributed by atoms with Crippen LogP contribution in [-0.4, -0.2) is 4.98 Å². The number of rotatable bonds is 1. The first-order valence-electron chi connectivity index (χ1n) is 3.86. The van der Waals surface area contributed by atoms with Gasteiger partial charge in [0.2, 0.25) is 0 Å². The van der Waals surface area contributed by atoms with Crippen molar-refractivity contribution in [1.82, 2.24) is 4.98 Å². The van der Waals surface area contributed by atoms with Gasteiger partial charge >= 0.3 is 6.18 Å². The Balaban J connectivity index is 3.37. The van der Waals surface area contributed by atoms with Gasteiger partial charge in [0.15, 0.2) is 0 Å².